The molecule has 1 amide bonds. The van der Waals surface area contributed by atoms with E-state index in [4.69, 9.17) is 17.2 Å². The van der Waals surface area contributed by atoms with Crippen molar-refractivity contribution in [2.45, 2.75) is 36.5 Å². The Morgan fingerprint density at radius 2 is 1.67 bits per heavy atom. The third-order valence-electron chi connectivity index (χ3n) is 8.90. The number of nitrogens with zero attached hydrogens (tertiary/aromatic N) is 3. The number of nitrogens with two attached hydrogens (primary N) is 3. The van der Waals surface area contributed by atoms with Gasteiger partial charge < -0.3 is 37.4 Å². The monoisotopic (exact) mass is 586 g/mol. The second kappa shape index (κ2) is 9.75. The quantitative estimate of drug-likeness (QED) is 0.267. The van der Waals surface area contributed by atoms with E-state index < -0.39 is 69.1 Å². The van der Waals surface area contributed by atoms with Gasteiger partial charge in [-0.3, -0.25) is 19.3 Å². The number of rotatable bonds is 5. The molecule has 1 saturated carbocycles. The molecule has 2 aromatic rings. The van der Waals surface area contributed by atoms with E-state index in [1.165, 1.54) is 25.1 Å². The molecule has 3 aliphatic carbocycles. The number of primary amides is 1. The van der Waals surface area contributed by atoms with Crippen LogP contribution in [0.4, 0.5) is 0 Å². The SMILES string of the molecule is CN(C)Cc1ccc(-c2ccc(O)c3c2C[C@@]2(N)C[C@@]4(N)[C@H](N(C)C)C(=O)C(C(N)=O)=C(O)[C@@]4(C#N)C(=O)C2=C3O)cc1. The normalized spacial score (nSPS) is 28.5. The van der Waals surface area contributed by atoms with Crippen molar-refractivity contribution in [3.05, 3.63) is 70.0 Å². The van der Waals surface area contributed by atoms with Crippen LogP contribution in [0.15, 0.2) is 53.3 Å². The number of Topliss-reactive ketones (excluding diaryl/α,β-unsaturated/α-hetero) is 2. The number of fused-ring (bicyclic) bond motifs is 3. The number of benzene rings is 2. The number of hydrogen-bond donors (Lipinski definition) is 6. The predicted octanol–water partition coefficient (Wildman–Crippen LogP) is 0.634. The molecular formula is C31H34N6O6. The number of aliphatic hydroxyl groups is 2. The van der Waals surface area contributed by atoms with Crippen molar-refractivity contribution in [3.8, 4) is 22.9 Å². The van der Waals surface area contributed by atoms with Crippen LogP contribution in [0.3, 0.4) is 0 Å². The first-order valence-electron chi connectivity index (χ1n) is 13.6. The molecular weight excluding hydrogens is 552 g/mol. The van der Waals surface area contributed by atoms with E-state index in [0.717, 1.165) is 17.7 Å². The third-order valence-corrected chi connectivity index (χ3v) is 8.90. The molecule has 12 heteroatoms. The molecule has 12 nitrogen and oxygen atoms in total. The number of carbonyl (C=O) groups is 3. The number of hydrogen-bond acceptors (Lipinski definition) is 11. The third kappa shape index (κ3) is 3.93. The van der Waals surface area contributed by atoms with Crippen molar-refractivity contribution in [1.82, 2.24) is 9.80 Å². The molecule has 0 heterocycles. The van der Waals surface area contributed by atoms with E-state index >= 15 is 0 Å². The average Bonchev–Trinajstić information content (AvgIpc) is 2.88. The van der Waals surface area contributed by atoms with Crippen LogP contribution >= 0.6 is 0 Å². The fraction of sp³-hybridized carbons (Fsp3) is 0.355. The number of likely N-dealkylation sites (N-methyl/N-ethyl adjacent to an activating group) is 1. The van der Waals surface area contributed by atoms with Crippen LogP contribution in [0.25, 0.3) is 16.9 Å². The summed E-state index contributed by atoms with van der Waals surface area (Å²) in [4.78, 5) is 43.7. The Kier molecular flexibility index (Phi) is 6.79. The van der Waals surface area contributed by atoms with Gasteiger partial charge in [0.25, 0.3) is 5.91 Å². The zero-order chi connectivity index (χ0) is 31.8. The highest BCUT2D eigenvalue weighted by Crippen LogP contribution is 2.58. The number of phenols is 1. The van der Waals surface area contributed by atoms with Crippen LogP contribution < -0.4 is 17.2 Å². The van der Waals surface area contributed by atoms with Gasteiger partial charge in [0.15, 0.2) is 17.0 Å². The highest BCUT2D eigenvalue weighted by molar-refractivity contribution is 6.25. The van der Waals surface area contributed by atoms with Crippen molar-refractivity contribution in [2.24, 2.45) is 22.6 Å². The highest BCUT2D eigenvalue weighted by atomic mass is 16.3. The van der Waals surface area contributed by atoms with Gasteiger partial charge in [0, 0.05) is 6.54 Å². The Morgan fingerprint density at radius 3 is 2.21 bits per heavy atom. The van der Waals surface area contributed by atoms with Crippen molar-refractivity contribution >= 4 is 23.2 Å². The molecule has 0 bridgehead atoms. The van der Waals surface area contributed by atoms with Crippen LogP contribution in [0.2, 0.25) is 0 Å². The Bertz CT molecular complexity index is 1700. The van der Waals surface area contributed by atoms with E-state index in [0.29, 0.717) is 11.1 Å². The maximum atomic E-state index is 14.5. The Morgan fingerprint density at radius 1 is 1.05 bits per heavy atom. The number of carbonyl (C=O) groups excluding carboxylic acids is 3. The number of nitriles is 1. The van der Waals surface area contributed by atoms with Crippen LogP contribution in [0.5, 0.6) is 5.75 Å². The van der Waals surface area contributed by atoms with Crippen molar-refractivity contribution in [2.75, 3.05) is 28.2 Å². The lowest BCUT2D eigenvalue weighted by Gasteiger charge is -2.58. The van der Waals surface area contributed by atoms with E-state index in [1.807, 2.05) is 43.3 Å². The second-order valence-corrected chi connectivity index (χ2v) is 12.2. The van der Waals surface area contributed by atoms with Crippen LogP contribution in [0.1, 0.15) is 23.1 Å². The molecule has 43 heavy (non-hydrogen) atoms. The smallest absolute Gasteiger partial charge is 0.255 e. The zero-order valence-corrected chi connectivity index (χ0v) is 24.3. The lowest BCUT2D eigenvalue weighted by Crippen LogP contribution is -2.80. The minimum absolute atomic E-state index is 0.0495. The maximum Gasteiger partial charge on any atom is 0.255 e. The van der Waals surface area contributed by atoms with Crippen molar-refractivity contribution in [3.63, 3.8) is 0 Å². The summed E-state index contributed by atoms with van der Waals surface area (Å²) in [6.45, 7) is 0.721. The number of aromatic hydroxyl groups is 1. The van der Waals surface area contributed by atoms with Gasteiger partial charge in [0.1, 0.15) is 22.8 Å². The molecule has 0 unspecified atom stereocenters. The summed E-state index contributed by atoms with van der Waals surface area (Å²) in [7, 11) is 6.87. The van der Waals surface area contributed by atoms with E-state index in [-0.39, 0.29) is 17.7 Å². The van der Waals surface area contributed by atoms with Gasteiger partial charge in [-0.1, -0.05) is 30.3 Å². The Labute approximate surface area is 248 Å². The van der Waals surface area contributed by atoms with Gasteiger partial charge in [-0.25, -0.2) is 0 Å². The van der Waals surface area contributed by atoms with Gasteiger partial charge in [-0.05, 0) is 69.4 Å². The van der Waals surface area contributed by atoms with Gasteiger partial charge in [-0.15, -0.1) is 0 Å². The molecule has 5 rings (SSSR count). The summed E-state index contributed by atoms with van der Waals surface area (Å²) in [5.74, 6) is -5.66. The number of phenolic OH excluding ortho intramolecular Hbond substituents is 1. The number of ketones is 2. The molecule has 0 aromatic heterocycles. The summed E-state index contributed by atoms with van der Waals surface area (Å²) in [6.07, 6.45) is -0.543. The van der Waals surface area contributed by atoms with Crippen LogP contribution in [-0.4, -0.2) is 87.9 Å². The summed E-state index contributed by atoms with van der Waals surface area (Å²) >= 11 is 0. The number of amides is 1. The number of aliphatic hydroxyl groups excluding tert-OH is 2. The summed E-state index contributed by atoms with van der Waals surface area (Å²) in [6, 6.07) is 11.1. The fourth-order valence-electron chi connectivity index (χ4n) is 7.26. The molecule has 1 fully saturated rings. The molecule has 0 aliphatic heterocycles. The predicted molar refractivity (Wildman–Crippen MR) is 157 cm³/mol. The first-order valence-corrected chi connectivity index (χ1v) is 13.6. The molecule has 9 N–H and O–H groups in total. The molecule has 224 valence electrons. The van der Waals surface area contributed by atoms with E-state index in [2.05, 4.69) is 0 Å². The first-order chi connectivity index (χ1) is 20.1. The van der Waals surface area contributed by atoms with Crippen LogP contribution in [-0.2, 0) is 27.3 Å². The fourth-order valence-corrected chi connectivity index (χ4v) is 7.26. The van der Waals surface area contributed by atoms with Crippen LogP contribution in [0, 0.1) is 16.7 Å². The minimum atomic E-state index is -2.70. The molecule has 2 aromatic carbocycles. The molecule has 0 spiro atoms. The Balaban J connectivity index is 1.79. The topological polar surface area (TPSA) is 220 Å². The molecule has 0 saturated heterocycles. The Hall–Kier alpha value is -4.54. The maximum absolute atomic E-state index is 14.5. The zero-order valence-electron chi connectivity index (χ0n) is 24.3. The summed E-state index contributed by atoms with van der Waals surface area (Å²) in [5, 5.41) is 44.4. The summed E-state index contributed by atoms with van der Waals surface area (Å²) < 4.78 is 0. The van der Waals surface area contributed by atoms with E-state index in [9.17, 15) is 35.0 Å². The first kappa shape index (κ1) is 29.9. The van der Waals surface area contributed by atoms with E-state index in [1.54, 1.807) is 12.1 Å². The second-order valence-electron chi connectivity index (χ2n) is 12.2. The van der Waals surface area contributed by atoms with Crippen molar-refractivity contribution < 1.29 is 29.7 Å². The standard InChI is InChI=1S/C31H34N6O6/c1-36(2)12-15-5-7-16(8-6-15)17-9-10-19(38)20-18(17)11-29(34)13-31(35)25(37(3)4)24(40)21(28(33)43)26(41)30(31,14-32)27(42)22(29)23(20)39/h5-10,25,38-39,41H,11-13,34-35H2,1-4H3,(H2,33,43)/t25-,29-,30+,31-/m1/s1. The average molecular weight is 587 g/mol. The highest BCUT2D eigenvalue weighted by Gasteiger charge is 2.74. The molecule has 0 radical (unpaired) electrons. The molecule has 3 aliphatic rings. The lowest BCUT2D eigenvalue weighted by atomic mass is 9.47. The molecule has 4 atom stereocenters. The van der Waals surface area contributed by atoms with Gasteiger partial charge >= 0.3 is 0 Å². The van der Waals surface area contributed by atoms with Gasteiger partial charge in [-0.2, -0.15) is 5.26 Å². The van der Waals surface area contributed by atoms with Crippen molar-refractivity contribution in [1.29, 1.82) is 5.26 Å². The summed E-state index contributed by atoms with van der Waals surface area (Å²) in [5.41, 5.74) is 14.2. The minimum Gasteiger partial charge on any atom is -0.509 e. The van der Waals surface area contributed by atoms with Gasteiger partial charge in [0.2, 0.25) is 0 Å². The van der Waals surface area contributed by atoms with Gasteiger partial charge in [0.05, 0.1) is 34.3 Å². The lowest BCUT2D eigenvalue weighted by molar-refractivity contribution is -0.139. The largest absolute Gasteiger partial charge is 0.509 e.